The van der Waals surface area contributed by atoms with Gasteiger partial charge in [0.15, 0.2) is 0 Å². The number of benzene rings is 2. The molecule has 0 aliphatic carbocycles. The summed E-state index contributed by atoms with van der Waals surface area (Å²) < 4.78 is 3.47. The lowest BCUT2D eigenvalue weighted by Crippen LogP contribution is -2.40. The Bertz CT molecular complexity index is 1390. The average molecular weight is 461 g/mol. The van der Waals surface area contributed by atoms with E-state index < -0.39 is 11.9 Å². The number of carboxylic acids is 1. The van der Waals surface area contributed by atoms with Crippen molar-refractivity contribution in [1.29, 1.82) is 0 Å². The molecule has 4 aromatic rings. The number of aromatic amines is 1. The minimum absolute atomic E-state index is 0.164. The monoisotopic (exact) mass is 460 g/mol. The van der Waals surface area contributed by atoms with Crippen LogP contribution in [0.3, 0.4) is 0 Å². The lowest BCUT2D eigenvalue weighted by molar-refractivity contribution is -0.143. The molecule has 2 atom stereocenters. The van der Waals surface area contributed by atoms with E-state index in [1.807, 2.05) is 54.1 Å². The molecule has 1 aliphatic rings. The normalized spacial score (nSPS) is 16.8. The summed E-state index contributed by atoms with van der Waals surface area (Å²) in [5.41, 5.74) is 4.70. The highest BCUT2D eigenvalue weighted by Gasteiger charge is 2.27. The van der Waals surface area contributed by atoms with Crippen molar-refractivity contribution in [1.82, 2.24) is 19.0 Å². The second kappa shape index (κ2) is 9.14. The highest BCUT2D eigenvalue weighted by molar-refractivity contribution is 5.87. The van der Waals surface area contributed by atoms with Crippen molar-refractivity contribution in [2.24, 2.45) is 5.92 Å². The Labute approximate surface area is 198 Å². The number of para-hydroxylation sites is 2. The summed E-state index contributed by atoms with van der Waals surface area (Å²) in [6.07, 6.45) is 5.39. The van der Waals surface area contributed by atoms with Gasteiger partial charge in [0.05, 0.1) is 23.0 Å². The summed E-state index contributed by atoms with van der Waals surface area (Å²) in [5.74, 6) is -1.49. The minimum Gasteiger partial charge on any atom is -0.481 e. The van der Waals surface area contributed by atoms with Crippen LogP contribution in [-0.2, 0) is 11.3 Å². The molecule has 0 bridgehead atoms. The number of H-pyrrole nitrogens is 1. The third-order valence-corrected chi connectivity index (χ3v) is 7.33. The Morgan fingerprint density at radius 1 is 1.03 bits per heavy atom. The Kier molecular flexibility index (Phi) is 6.04. The van der Waals surface area contributed by atoms with Crippen molar-refractivity contribution >= 4 is 27.9 Å². The number of nitrogens with zero attached hydrogens (tertiary/aromatic N) is 3. The third kappa shape index (κ3) is 3.94. The van der Waals surface area contributed by atoms with Crippen LogP contribution in [0, 0.1) is 12.8 Å². The van der Waals surface area contributed by atoms with Crippen molar-refractivity contribution in [2.75, 3.05) is 19.6 Å². The molecule has 0 spiro atoms. The smallest absolute Gasteiger partial charge is 0.329 e. The molecule has 1 saturated heterocycles. The maximum atomic E-state index is 13.8. The molecule has 34 heavy (non-hydrogen) atoms. The quantitative estimate of drug-likeness (QED) is 0.429. The van der Waals surface area contributed by atoms with Crippen LogP contribution in [0.5, 0.6) is 0 Å². The van der Waals surface area contributed by atoms with Crippen molar-refractivity contribution in [3.63, 3.8) is 0 Å². The first-order valence-corrected chi connectivity index (χ1v) is 12.2. The number of hydrogen-bond donors (Lipinski definition) is 2. The molecule has 1 aliphatic heterocycles. The summed E-state index contributed by atoms with van der Waals surface area (Å²) in [4.78, 5) is 31.6. The zero-order chi connectivity index (χ0) is 23.8. The highest BCUT2D eigenvalue weighted by atomic mass is 16.4. The van der Waals surface area contributed by atoms with Gasteiger partial charge in [-0.3, -0.25) is 13.9 Å². The fourth-order valence-electron chi connectivity index (χ4n) is 5.54. The molecule has 2 aromatic heterocycles. The topological polar surface area (TPSA) is 83.3 Å². The molecule has 0 radical (unpaired) electrons. The van der Waals surface area contributed by atoms with Crippen molar-refractivity contribution < 1.29 is 9.90 Å². The van der Waals surface area contributed by atoms with Crippen LogP contribution in [0.25, 0.3) is 21.9 Å². The second-order valence-electron chi connectivity index (χ2n) is 9.57. The number of piperidine rings is 1. The van der Waals surface area contributed by atoms with Gasteiger partial charge in [0.1, 0.15) is 0 Å². The van der Waals surface area contributed by atoms with Crippen molar-refractivity contribution in [3.8, 4) is 0 Å². The van der Waals surface area contributed by atoms with Crippen LogP contribution >= 0.6 is 0 Å². The number of hydrogen-bond acceptors (Lipinski definition) is 3. The molecule has 7 nitrogen and oxygen atoms in total. The number of fused-ring (bicyclic) bond motifs is 2. The molecular weight excluding hydrogens is 428 g/mol. The van der Waals surface area contributed by atoms with Gasteiger partial charge in [-0.2, -0.15) is 0 Å². The molecular formula is C27H32N4O3. The minimum atomic E-state index is -0.852. The number of aromatic nitrogens is 3. The number of carbonyl (C=O) groups is 1. The van der Waals surface area contributed by atoms with Crippen LogP contribution in [0.1, 0.15) is 43.4 Å². The Morgan fingerprint density at radius 3 is 2.50 bits per heavy atom. The lowest BCUT2D eigenvalue weighted by Gasteiger charge is -2.29. The third-order valence-electron chi connectivity index (χ3n) is 7.33. The molecule has 3 heterocycles. The van der Waals surface area contributed by atoms with E-state index in [0.717, 1.165) is 59.0 Å². The number of aryl methyl sites for hydroxylation is 1. The van der Waals surface area contributed by atoms with E-state index in [0.29, 0.717) is 6.54 Å². The highest BCUT2D eigenvalue weighted by Crippen LogP contribution is 2.30. The molecule has 2 N–H and O–H groups in total. The Balaban J connectivity index is 1.56. The van der Waals surface area contributed by atoms with E-state index in [2.05, 4.69) is 22.9 Å². The summed E-state index contributed by atoms with van der Waals surface area (Å²) in [6.45, 7) is 6.61. The van der Waals surface area contributed by atoms with Gasteiger partial charge in [0.2, 0.25) is 0 Å². The molecule has 5 rings (SSSR count). The summed E-state index contributed by atoms with van der Waals surface area (Å²) in [6, 6.07) is 13.6. The van der Waals surface area contributed by atoms with Crippen LogP contribution < -0.4 is 5.69 Å². The number of likely N-dealkylation sites (tertiary alicyclic amines) is 1. The molecule has 0 saturated carbocycles. The van der Waals surface area contributed by atoms with Crippen LogP contribution in [0.15, 0.2) is 53.5 Å². The van der Waals surface area contributed by atoms with Crippen molar-refractivity contribution in [2.45, 2.75) is 45.7 Å². The molecule has 178 valence electrons. The Hall–Kier alpha value is -3.32. The number of aliphatic carboxylic acids is 1. The number of carboxylic acid groups (broad SMARTS) is 1. The van der Waals surface area contributed by atoms with E-state index in [-0.39, 0.29) is 18.3 Å². The largest absolute Gasteiger partial charge is 0.481 e. The van der Waals surface area contributed by atoms with E-state index in [1.165, 1.54) is 6.42 Å². The first-order chi connectivity index (χ1) is 16.5. The molecule has 2 aromatic carbocycles. The fourth-order valence-corrected chi connectivity index (χ4v) is 5.54. The molecule has 7 heteroatoms. The SMILES string of the molecule is Cc1cccc2[nH]cc(C(C)n3c(=O)n(CC(CN4CCCCC4)C(=O)O)c4ccccc43)c12. The molecule has 2 unspecified atom stereocenters. The van der Waals surface area contributed by atoms with Crippen LogP contribution in [-0.4, -0.2) is 49.7 Å². The first-order valence-electron chi connectivity index (χ1n) is 12.2. The van der Waals surface area contributed by atoms with Gasteiger partial charge in [0, 0.05) is 35.8 Å². The van der Waals surface area contributed by atoms with Gasteiger partial charge < -0.3 is 15.0 Å². The maximum absolute atomic E-state index is 13.8. The van der Waals surface area contributed by atoms with E-state index in [1.54, 1.807) is 4.57 Å². The fraction of sp³-hybridized carbons (Fsp3) is 0.407. The van der Waals surface area contributed by atoms with Crippen LogP contribution in [0.4, 0.5) is 0 Å². The number of rotatable bonds is 7. The average Bonchev–Trinajstić information content (AvgIpc) is 3.39. The summed E-state index contributed by atoms with van der Waals surface area (Å²) in [7, 11) is 0. The Morgan fingerprint density at radius 2 is 1.76 bits per heavy atom. The van der Waals surface area contributed by atoms with Gasteiger partial charge in [-0.1, -0.05) is 30.7 Å². The zero-order valence-electron chi connectivity index (χ0n) is 19.8. The summed E-state index contributed by atoms with van der Waals surface area (Å²) >= 11 is 0. The first kappa shape index (κ1) is 22.5. The van der Waals surface area contributed by atoms with Gasteiger partial charge >= 0.3 is 11.7 Å². The van der Waals surface area contributed by atoms with Gasteiger partial charge in [-0.25, -0.2) is 4.79 Å². The predicted molar refractivity (Wildman–Crippen MR) is 134 cm³/mol. The van der Waals surface area contributed by atoms with E-state index >= 15 is 0 Å². The van der Waals surface area contributed by atoms with E-state index in [9.17, 15) is 14.7 Å². The molecule has 0 amide bonds. The van der Waals surface area contributed by atoms with Gasteiger partial charge in [0.25, 0.3) is 0 Å². The van der Waals surface area contributed by atoms with Gasteiger partial charge in [-0.05, 0) is 63.5 Å². The van der Waals surface area contributed by atoms with Gasteiger partial charge in [-0.15, -0.1) is 0 Å². The zero-order valence-corrected chi connectivity index (χ0v) is 19.8. The van der Waals surface area contributed by atoms with Crippen LogP contribution in [0.2, 0.25) is 0 Å². The summed E-state index contributed by atoms with van der Waals surface area (Å²) in [5, 5.41) is 11.1. The number of imidazole rings is 1. The maximum Gasteiger partial charge on any atom is 0.329 e. The van der Waals surface area contributed by atoms with E-state index in [4.69, 9.17) is 0 Å². The van der Waals surface area contributed by atoms with Crippen molar-refractivity contribution in [3.05, 3.63) is 70.3 Å². The lowest BCUT2D eigenvalue weighted by atomic mass is 10.0. The number of nitrogens with one attached hydrogen (secondary N) is 1. The standard InChI is InChI=1S/C27H32N4O3/c1-18-9-8-10-22-25(18)21(15-28-22)19(2)31-24-12-5-4-11-23(24)30(27(31)34)17-20(26(32)33)16-29-13-6-3-7-14-29/h4-5,8-12,15,19-20,28H,3,6-7,13-14,16-17H2,1-2H3,(H,32,33). The predicted octanol–water partition coefficient (Wildman–Crippen LogP) is 4.39. The molecule has 1 fully saturated rings. The second-order valence-corrected chi connectivity index (χ2v) is 9.57.